The zero-order valence-corrected chi connectivity index (χ0v) is 18.3. The van der Waals surface area contributed by atoms with Gasteiger partial charge in [0.25, 0.3) is 0 Å². The Hall–Kier alpha value is -2.19. The van der Waals surface area contributed by atoms with Gasteiger partial charge in [0.05, 0.1) is 24.2 Å². The summed E-state index contributed by atoms with van der Waals surface area (Å²) in [5.41, 5.74) is -0.151. The maximum absolute atomic E-state index is 12.6. The van der Waals surface area contributed by atoms with Gasteiger partial charge in [0.2, 0.25) is 5.91 Å². The molecular formula is C20H22BrNO5S. The molecule has 1 N–H and O–H groups in total. The Morgan fingerprint density at radius 2 is 1.79 bits per heavy atom. The van der Waals surface area contributed by atoms with Crippen molar-refractivity contribution >= 4 is 37.6 Å². The van der Waals surface area contributed by atoms with E-state index in [0.717, 1.165) is 4.47 Å². The molecule has 0 aliphatic carbocycles. The summed E-state index contributed by atoms with van der Waals surface area (Å²) in [6, 6.07) is 13.2. The van der Waals surface area contributed by atoms with Crippen LogP contribution in [0.25, 0.3) is 0 Å². The van der Waals surface area contributed by atoms with Crippen LogP contribution in [0.1, 0.15) is 25.0 Å². The predicted octanol–water partition coefficient (Wildman–Crippen LogP) is 2.99. The Kier molecular flexibility index (Phi) is 7.01. The van der Waals surface area contributed by atoms with Crippen LogP contribution in [-0.4, -0.2) is 33.2 Å². The van der Waals surface area contributed by atoms with Crippen molar-refractivity contribution in [1.29, 1.82) is 0 Å². The molecule has 2 rings (SSSR count). The first kappa shape index (κ1) is 22.1. The van der Waals surface area contributed by atoms with Crippen LogP contribution in [-0.2, 0) is 36.1 Å². The molecule has 0 radical (unpaired) electrons. The predicted molar refractivity (Wildman–Crippen MR) is 110 cm³/mol. The summed E-state index contributed by atoms with van der Waals surface area (Å²) in [7, 11) is -2.03. The number of amides is 1. The van der Waals surface area contributed by atoms with Gasteiger partial charge in [-0.1, -0.05) is 47.1 Å². The fraction of sp³-hybridized carbons (Fsp3) is 0.300. The third-order valence-corrected chi connectivity index (χ3v) is 6.66. The van der Waals surface area contributed by atoms with Crippen LogP contribution in [0.15, 0.2) is 57.9 Å². The molecule has 1 amide bonds. The lowest BCUT2D eigenvalue weighted by atomic mass is 9.91. The number of esters is 1. The summed E-state index contributed by atoms with van der Waals surface area (Å²) in [4.78, 5) is 25.2. The van der Waals surface area contributed by atoms with Gasteiger partial charge in [-0.2, -0.15) is 0 Å². The van der Waals surface area contributed by atoms with Crippen molar-refractivity contribution in [1.82, 2.24) is 5.32 Å². The number of nitrogens with one attached hydrogen (secondary N) is 1. The van der Waals surface area contributed by atoms with E-state index in [4.69, 9.17) is 4.74 Å². The van der Waals surface area contributed by atoms with Crippen LogP contribution in [0.4, 0.5) is 0 Å². The summed E-state index contributed by atoms with van der Waals surface area (Å²) in [6.45, 7) is 3.15. The number of rotatable bonds is 7. The largest absolute Gasteiger partial charge is 0.467 e. The molecule has 2 aromatic carbocycles. The third kappa shape index (κ3) is 4.99. The molecule has 6 nitrogen and oxygen atoms in total. The number of ether oxygens (including phenoxy) is 1. The van der Waals surface area contributed by atoms with Gasteiger partial charge in [0.15, 0.2) is 15.4 Å². The second-order valence-corrected chi connectivity index (χ2v) is 9.59. The summed E-state index contributed by atoms with van der Waals surface area (Å²) in [5.74, 6) is -0.973. The van der Waals surface area contributed by atoms with E-state index in [9.17, 15) is 18.0 Å². The first-order valence-electron chi connectivity index (χ1n) is 8.59. The van der Waals surface area contributed by atoms with Gasteiger partial charge in [-0.15, -0.1) is 0 Å². The van der Waals surface area contributed by atoms with Crippen molar-refractivity contribution in [2.24, 2.45) is 0 Å². The normalized spacial score (nSPS) is 13.4. The Morgan fingerprint density at radius 1 is 1.14 bits per heavy atom. The SMILES string of the molecule is CCS(=O)(=O)c1ccc(CC(=O)NC(C)(C(=O)OC)c2cccc(Br)c2)cc1. The highest BCUT2D eigenvalue weighted by Gasteiger charge is 2.38. The first-order valence-corrected chi connectivity index (χ1v) is 11.0. The van der Waals surface area contributed by atoms with Gasteiger partial charge in [-0.05, 0) is 42.3 Å². The highest BCUT2D eigenvalue weighted by molar-refractivity contribution is 9.10. The number of benzene rings is 2. The fourth-order valence-electron chi connectivity index (χ4n) is 2.73. The number of hydrogen-bond donors (Lipinski definition) is 1. The molecule has 0 spiro atoms. The van der Waals surface area contributed by atoms with Crippen molar-refractivity contribution in [3.8, 4) is 0 Å². The van der Waals surface area contributed by atoms with Crippen molar-refractivity contribution in [3.05, 3.63) is 64.1 Å². The first-order chi connectivity index (χ1) is 13.1. The van der Waals surface area contributed by atoms with E-state index >= 15 is 0 Å². The minimum absolute atomic E-state index is 0.00690. The average Bonchev–Trinajstić information content (AvgIpc) is 2.67. The number of carbonyl (C=O) groups excluding carboxylic acids is 2. The highest BCUT2D eigenvalue weighted by Crippen LogP contribution is 2.25. The lowest BCUT2D eigenvalue weighted by Crippen LogP contribution is -2.50. The number of sulfone groups is 1. The molecule has 0 aliphatic rings. The minimum Gasteiger partial charge on any atom is -0.467 e. The summed E-state index contributed by atoms with van der Waals surface area (Å²) < 4.78 is 29.4. The molecule has 0 aliphatic heterocycles. The van der Waals surface area contributed by atoms with E-state index in [1.807, 2.05) is 6.07 Å². The average molecular weight is 468 g/mol. The monoisotopic (exact) mass is 467 g/mol. The number of methoxy groups -OCH3 is 1. The Labute approximate surface area is 173 Å². The van der Waals surface area contributed by atoms with E-state index in [1.165, 1.54) is 19.2 Å². The van der Waals surface area contributed by atoms with Crippen LogP contribution in [0.3, 0.4) is 0 Å². The zero-order valence-electron chi connectivity index (χ0n) is 15.9. The number of halogens is 1. The van der Waals surface area contributed by atoms with E-state index < -0.39 is 21.3 Å². The van der Waals surface area contributed by atoms with E-state index in [2.05, 4.69) is 21.2 Å². The van der Waals surface area contributed by atoms with Gasteiger partial charge in [0, 0.05) is 4.47 Å². The smallest absolute Gasteiger partial charge is 0.336 e. The van der Waals surface area contributed by atoms with Gasteiger partial charge in [-0.25, -0.2) is 13.2 Å². The second kappa shape index (κ2) is 8.87. The lowest BCUT2D eigenvalue weighted by molar-refractivity contribution is -0.150. The molecule has 28 heavy (non-hydrogen) atoms. The molecule has 0 fully saturated rings. The maximum atomic E-state index is 12.6. The van der Waals surface area contributed by atoms with Crippen molar-refractivity contribution in [2.45, 2.75) is 30.7 Å². The topological polar surface area (TPSA) is 89.5 Å². The van der Waals surface area contributed by atoms with Crippen molar-refractivity contribution < 1.29 is 22.7 Å². The van der Waals surface area contributed by atoms with E-state index in [1.54, 1.807) is 44.2 Å². The van der Waals surface area contributed by atoms with Crippen LogP contribution in [0.2, 0.25) is 0 Å². The number of carbonyl (C=O) groups is 2. The third-order valence-electron chi connectivity index (χ3n) is 4.41. The lowest BCUT2D eigenvalue weighted by Gasteiger charge is -2.28. The molecule has 1 unspecified atom stereocenters. The summed E-state index contributed by atoms with van der Waals surface area (Å²) >= 11 is 3.36. The number of hydrogen-bond acceptors (Lipinski definition) is 5. The van der Waals surface area contributed by atoms with Crippen LogP contribution in [0.5, 0.6) is 0 Å². The molecular weight excluding hydrogens is 446 g/mol. The second-order valence-electron chi connectivity index (χ2n) is 6.40. The minimum atomic E-state index is -3.29. The van der Waals surface area contributed by atoms with Gasteiger partial charge >= 0.3 is 5.97 Å². The molecule has 0 saturated carbocycles. The van der Waals surface area contributed by atoms with Crippen molar-refractivity contribution in [3.63, 3.8) is 0 Å². The van der Waals surface area contributed by atoms with E-state index in [-0.39, 0.29) is 23.0 Å². The van der Waals surface area contributed by atoms with Gasteiger partial charge in [-0.3, -0.25) is 4.79 Å². The Balaban J connectivity index is 2.22. The highest BCUT2D eigenvalue weighted by atomic mass is 79.9. The quantitative estimate of drug-likeness (QED) is 0.632. The standard InChI is InChI=1S/C20H22BrNO5S/c1-4-28(25,26)17-10-8-14(9-11-17)12-18(23)22-20(2,19(24)27-3)15-6-5-7-16(21)13-15/h5-11,13H,4,12H2,1-3H3,(H,22,23). The molecule has 0 aromatic heterocycles. The maximum Gasteiger partial charge on any atom is 0.336 e. The van der Waals surface area contributed by atoms with Crippen LogP contribution in [0, 0.1) is 0 Å². The Morgan fingerprint density at radius 3 is 2.32 bits per heavy atom. The molecule has 8 heteroatoms. The van der Waals surface area contributed by atoms with E-state index in [0.29, 0.717) is 11.1 Å². The molecule has 1 atom stereocenters. The summed E-state index contributed by atoms with van der Waals surface area (Å²) in [6.07, 6.45) is -0.00690. The molecule has 2 aromatic rings. The zero-order chi connectivity index (χ0) is 20.9. The molecule has 150 valence electrons. The molecule has 0 heterocycles. The molecule has 0 bridgehead atoms. The van der Waals surface area contributed by atoms with Crippen LogP contribution >= 0.6 is 15.9 Å². The summed E-state index contributed by atoms with van der Waals surface area (Å²) in [5, 5.41) is 2.74. The molecule has 0 saturated heterocycles. The Bertz CT molecular complexity index is 972. The van der Waals surface area contributed by atoms with Gasteiger partial charge in [0.1, 0.15) is 0 Å². The fourth-order valence-corrected chi connectivity index (χ4v) is 4.02. The van der Waals surface area contributed by atoms with Crippen LogP contribution < -0.4 is 5.32 Å². The van der Waals surface area contributed by atoms with Gasteiger partial charge < -0.3 is 10.1 Å². The van der Waals surface area contributed by atoms with Crippen molar-refractivity contribution in [2.75, 3.05) is 12.9 Å².